The summed E-state index contributed by atoms with van der Waals surface area (Å²) in [5.41, 5.74) is 9.11. The molecule has 4 nitrogen and oxygen atoms in total. The summed E-state index contributed by atoms with van der Waals surface area (Å²) in [6.07, 6.45) is 0.868. The molecule has 4 heteroatoms. The lowest BCUT2D eigenvalue weighted by Crippen LogP contribution is -2.03. The number of H-pyrrole nitrogens is 1. The van der Waals surface area contributed by atoms with Crippen LogP contribution in [0.4, 0.5) is 0 Å². The molecule has 84 valence electrons. The molecule has 2 heterocycles. The van der Waals surface area contributed by atoms with Gasteiger partial charge >= 0.3 is 0 Å². The fourth-order valence-electron chi connectivity index (χ4n) is 2.17. The molecule has 0 amide bonds. The van der Waals surface area contributed by atoms with Crippen molar-refractivity contribution in [1.29, 1.82) is 0 Å². The van der Waals surface area contributed by atoms with E-state index in [2.05, 4.69) is 11.9 Å². The van der Waals surface area contributed by atoms with Crippen LogP contribution in [0.25, 0.3) is 10.9 Å². The number of nitrogens with one attached hydrogen (secondary N) is 1. The number of ether oxygens (including phenoxy) is 2. The summed E-state index contributed by atoms with van der Waals surface area (Å²) in [4.78, 5) is 3.38. The molecular weight excluding hydrogens is 204 g/mol. The van der Waals surface area contributed by atoms with Gasteiger partial charge < -0.3 is 20.2 Å². The van der Waals surface area contributed by atoms with Gasteiger partial charge in [-0.2, -0.15) is 0 Å². The molecule has 0 aliphatic carbocycles. The zero-order chi connectivity index (χ0) is 11.1. The van der Waals surface area contributed by atoms with Crippen LogP contribution in [0.1, 0.15) is 11.3 Å². The van der Waals surface area contributed by atoms with Gasteiger partial charge in [0.25, 0.3) is 0 Å². The number of hydrogen-bond acceptors (Lipinski definition) is 3. The molecular formula is C12H14N2O2. The van der Waals surface area contributed by atoms with Crippen molar-refractivity contribution in [3.8, 4) is 11.5 Å². The minimum Gasteiger partial charge on any atom is -0.454 e. The molecule has 0 fully saturated rings. The highest BCUT2D eigenvalue weighted by atomic mass is 16.7. The Morgan fingerprint density at radius 3 is 2.81 bits per heavy atom. The molecule has 3 N–H and O–H groups in total. The Hall–Kier alpha value is -1.68. The monoisotopic (exact) mass is 218 g/mol. The molecule has 0 saturated carbocycles. The number of hydrogen-bond donors (Lipinski definition) is 2. The summed E-state index contributed by atoms with van der Waals surface area (Å²) in [6, 6.07) is 4.02. The van der Waals surface area contributed by atoms with Gasteiger partial charge in [-0.3, -0.25) is 0 Å². The molecule has 0 unspecified atom stereocenters. The minimum absolute atomic E-state index is 0.316. The van der Waals surface area contributed by atoms with E-state index < -0.39 is 0 Å². The Labute approximate surface area is 93.3 Å². The molecule has 0 saturated heterocycles. The maximum atomic E-state index is 5.58. The summed E-state index contributed by atoms with van der Waals surface area (Å²) in [5.74, 6) is 1.64. The Morgan fingerprint density at radius 2 is 2.06 bits per heavy atom. The van der Waals surface area contributed by atoms with Crippen molar-refractivity contribution in [3.63, 3.8) is 0 Å². The second-order valence-corrected chi connectivity index (χ2v) is 4.02. The highest BCUT2D eigenvalue weighted by Gasteiger charge is 2.17. The maximum Gasteiger partial charge on any atom is 0.231 e. The van der Waals surface area contributed by atoms with E-state index in [0.717, 1.165) is 23.4 Å². The van der Waals surface area contributed by atoms with Gasteiger partial charge in [-0.1, -0.05) is 0 Å². The Balaban J connectivity index is 2.20. The van der Waals surface area contributed by atoms with E-state index in [0.29, 0.717) is 13.3 Å². The summed E-state index contributed by atoms with van der Waals surface area (Å²) in [5, 5.41) is 1.19. The third-order valence-corrected chi connectivity index (χ3v) is 3.05. The predicted molar refractivity (Wildman–Crippen MR) is 61.9 cm³/mol. The smallest absolute Gasteiger partial charge is 0.231 e. The van der Waals surface area contributed by atoms with Gasteiger partial charge in [0, 0.05) is 29.1 Å². The average molecular weight is 218 g/mol. The van der Waals surface area contributed by atoms with E-state index in [9.17, 15) is 0 Å². The van der Waals surface area contributed by atoms with Crippen LogP contribution in [0.15, 0.2) is 12.1 Å². The third kappa shape index (κ3) is 1.27. The lowest BCUT2D eigenvalue weighted by atomic mass is 10.1. The van der Waals surface area contributed by atoms with Crippen LogP contribution in [-0.2, 0) is 6.42 Å². The fourth-order valence-corrected chi connectivity index (χ4v) is 2.17. The quantitative estimate of drug-likeness (QED) is 0.806. The Kier molecular flexibility index (Phi) is 2.04. The SMILES string of the molecule is Cc1c(CCN)[nH]c2cc3c(cc12)OCO3. The number of benzene rings is 1. The van der Waals surface area contributed by atoms with Gasteiger partial charge in [0.05, 0.1) is 0 Å². The van der Waals surface area contributed by atoms with Crippen molar-refractivity contribution < 1.29 is 9.47 Å². The lowest BCUT2D eigenvalue weighted by Gasteiger charge is -1.97. The number of aromatic nitrogens is 1. The minimum atomic E-state index is 0.316. The van der Waals surface area contributed by atoms with Crippen LogP contribution < -0.4 is 15.2 Å². The summed E-state index contributed by atoms with van der Waals surface area (Å²) < 4.78 is 10.7. The first-order chi connectivity index (χ1) is 7.79. The third-order valence-electron chi connectivity index (χ3n) is 3.05. The molecule has 1 aromatic heterocycles. The summed E-state index contributed by atoms with van der Waals surface area (Å²) >= 11 is 0. The highest BCUT2D eigenvalue weighted by Crippen LogP contribution is 2.37. The molecule has 16 heavy (non-hydrogen) atoms. The van der Waals surface area contributed by atoms with Crippen LogP contribution in [-0.4, -0.2) is 18.3 Å². The van der Waals surface area contributed by atoms with Gasteiger partial charge in [-0.15, -0.1) is 0 Å². The largest absolute Gasteiger partial charge is 0.454 e. The molecule has 1 aliphatic rings. The first-order valence-corrected chi connectivity index (χ1v) is 5.40. The van der Waals surface area contributed by atoms with E-state index in [1.54, 1.807) is 0 Å². The van der Waals surface area contributed by atoms with Gasteiger partial charge in [0.2, 0.25) is 6.79 Å². The molecule has 3 rings (SSSR count). The number of aromatic amines is 1. The van der Waals surface area contributed by atoms with Gasteiger partial charge in [-0.25, -0.2) is 0 Å². The van der Waals surface area contributed by atoms with Crippen LogP contribution in [0.3, 0.4) is 0 Å². The molecule has 0 spiro atoms. The lowest BCUT2D eigenvalue weighted by molar-refractivity contribution is 0.174. The molecule has 0 bridgehead atoms. The van der Waals surface area contributed by atoms with Crippen molar-refractivity contribution in [1.82, 2.24) is 4.98 Å². The standard InChI is InChI=1S/C12H14N2O2/c1-7-8-4-11-12(16-6-15-11)5-10(8)14-9(7)2-3-13/h4-5,14H,2-3,6,13H2,1H3. The Bertz CT molecular complexity index is 545. The number of nitrogens with two attached hydrogens (primary N) is 1. The van der Waals surface area contributed by atoms with Crippen molar-refractivity contribution in [2.75, 3.05) is 13.3 Å². The first-order valence-electron chi connectivity index (χ1n) is 5.40. The maximum absolute atomic E-state index is 5.58. The van der Waals surface area contributed by atoms with Crippen molar-refractivity contribution in [2.24, 2.45) is 5.73 Å². The average Bonchev–Trinajstić information content (AvgIpc) is 2.83. The van der Waals surface area contributed by atoms with Gasteiger partial charge in [-0.05, 0) is 25.1 Å². The zero-order valence-corrected chi connectivity index (χ0v) is 9.17. The van der Waals surface area contributed by atoms with Crippen molar-refractivity contribution in [3.05, 3.63) is 23.4 Å². The highest BCUT2D eigenvalue weighted by molar-refractivity contribution is 5.88. The normalized spacial score (nSPS) is 13.6. The Morgan fingerprint density at radius 1 is 1.31 bits per heavy atom. The summed E-state index contributed by atoms with van der Waals surface area (Å²) in [7, 11) is 0. The van der Waals surface area contributed by atoms with E-state index >= 15 is 0 Å². The van der Waals surface area contributed by atoms with Gasteiger partial charge in [0.1, 0.15) is 0 Å². The van der Waals surface area contributed by atoms with Gasteiger partial charge in [0.15, 0.2) is 11.5 Å². The fraction of sp³-hybridized carbons (Fsp3) is 0.333. The van der Waals surface area contributed by atoms with Crippen molar-refractivity contribution >= 4 is 10.9 Å². The molecule has 1 aliphatic heterocycles. The first kappa shape index (κ1) is 9.54. The topological polar surface area (TPSA) is 60.3 Å². The second-order valence-electron chi connectivity index (χ2n) is 4.02. The molecule has 0 radical (unpaired) electrons. The van der Waals surface area contributed by atoms with Crippen LogP contribution in [0.5, 0.6) is 11.5 Å². The number of aryl methyl sites for hydroxylation is 1. The van der Waals surface area contributed by atoms with E-state index in [1.165, 1.54) is 16.6 Å². The van der Waals surface area contributed by atoms with Crippen LogP contribution >= 0.6 is 0 Å². The van der Waals surface area contributed by atoms with E-state index in [1.807, 2.05) is 12.1 Å². The van der Waals surface area contributed by atoms with Crippen molar-refractivity contribution in [2.45, 2.75) is 13.3 Å². The summed E-state index contributed by atoms with van der Waals surface area (Å²) in [6.45, 7) is 3.07. The molecule has 0 atom stereocenters. The zero-order valence-electron chi connectivity index (χ0n) is 9.17. The second kappa shape index (κ2) is 3.42. The molecule has 1 aromatic carbocycles. The van der Waals surface area contributed by atoms with E-state index in [4.69, 9.17) is 15.2 Å². The number of fused-ring (bicyclic) bond motifs is 2. The van der Waals surface area contributed by atoms with Crippen LogP contribution in [0, 0.1) is 6.92 Å². The van der Waals surface area contributed by atoms with Crippen LogP contribution in [0.2, 0.25) is 0 Å². The van der Waals surface area contributed by atoms with E-state index in [-0.39, 0.29) is 0 Å². The molecule has 2 aromatic rings. The predicted octanol–water partition coefficient (Wildman–Crippen LogP) is 1.71. The number of rotatable bonds is 2.